The molecule has 1 fully saturated rings. The maximum atomic E-state index is 13.2. The van der Waals surface area contributed by atoms with Crippen LogP contribution in [0.4, 0.5) is 5.69 Å². The molecule has 4 rings (SSSR count). The first-order valence-corrected chi connectivity index (χ1v) is 13.6. The van der Waals surface area contributed by atoms with E-state index in [-0.39, 0.29) is 16.7 Å². The lowest BCUT2D eigenvalue weighted by Gasteiger charge is -2.22. The van der Waals surface area contributed by atoms with Crippen LogP contribution in [0.2, 0.25) is 0 Å². The summed E-state index contributed by atoms with van der Waals surface area (Å²) in [7, 11) is -3.74. The molecule has 1 aliphatic carbocycles. The standard InChI is InChI=1S/C24H30BrN3O3S/c1-2-27(17-18-7-4-3-5-8-18)13-6-12-26-32(30,31)22-16-21(25)15-20-11-14-28(23(20)22)24(29)19-9-10-19/h3-5,7-8,15-16,19,26H,2,6,9-14,17H2,1H3. The summed E-state index contributed by atoms with van der Waals surface area (Å²) in [6.45, 7) is 5.57. The van der Waals surface area contributed by atoms with E-state index >= 15 is 0 Å². The summed E-state index contributed by atoms with van der Waals surface area (Å²) in [4.78, 5) is 16.9. The SMILES string of the molecule is CCN(CCCNS(=O)(=O)c1cc(Br)cc2c1N(C(=O)C1CC1)CC2)Cc1ccccc1. The molecule has 1 N–H and O–H groups in total. The largest absolute Gasteiger partial charge is 0.310 e. The number of anilines is 1. The van der Waals surface area contributed by atoms with Crippen molar-refractivity contribution < 1.29 is 13.2 Å². The average Bonchev–Trinajstić information content (AvgIpc) is 3.55. The number of carbonyl (C=O) groups excluding carboxylic acids is 1. The monoisotopic (exact) mass is 519 g/mol. The van der Waals surface area contributed by atoms with Crippen LogP contribution >= 0.6 is 15.9 Å². The molecule has 1 aliphatic heterocycles. The molecule has 0 unspecified atom stereocenters. The summed E-state index contributed by atoms with van der Waals surface area (Å²) < 4.78 is 29.9. The molecule has 0 saturated heterocycles. The van der Waals surface area contributed by atoms with Gasteiger partial charge in [0.05, 0.1) is 5.69 Å². The second-order valence-electron chi connectivity index (χ2n) is 8.53. The van der Waals surface area contributed by atoms with Crippen LogP contribution in [0.25, 0.3) is 0 Å². The van der Waals surface area contributed by atoms with Crippen LogP contribution in [-0.4, -0.2) is 45.4 Å². The van der Waals surface area contributed by atoms with Crippen LogP contribution in [0.5, 0.6) is 0 Å². The van der Waals surface area contributed by atoms with Crippen molar-refractivity contribution in [1.29, 1.82) is 0 Å². The minimum Gasteiger partial charge on any atom is -0.310 e. The van der Waals surface area contributed by atoms with Crippen molar-refractivity contribution in [3.63, 3.8) is 0 Å². The number of benzene rings is 2. The second kappa shape index (κ2) is 10.0. The van der Waals surface area contributed by atoms with Gasteiger partial charge in [0, 0.05) is 30.0 Å². The molecule has 1 amide bonds. The maximum Gasteiger partial charge on any atom is 0.242 e. The van der Waals surface area contributed by atoms with Crippen molar-refractivity contribution in [2.75, 3.05) is 31.1 Å². The van der Waals surface area contributed by atoms with Gasteiger partial charge in [-0.25, -0.2) is 13.1 Å². The average molecular weight is 520 g/mol. The van der Waals surface area contributed by atoms with Crippen molar-refractivity contribution >= 4 is 37.5 Å². The molecule has 0 spiro atoms. The number of amides is 1. The molecular formula is C24H30BrN3O3S. The molecule has 1 heterocycles. The summed E-state index contributed by atoms with van der Waals surface area (Å²) in [6.07, 6.45) is 3.19. The lowest BCUT2D eigenvalue weighted by atomic mass is 10.2. The van der Waals surface area contributed by atoms with Gasteiger partial charge in [0.1, 0.15) is 4.90 Å². The first-order chi connectivity index (χ1) is 15.4. The van der Waals surface area contributed by atoms with Crippen molar-refractivity contribution in [3.8, 4) is 0 Å². The molecule has 8 heteroatoms. The molecule has 2 aliphatic rings. The fourth-order valence-electron chi connectivity index (χ4n) is 4.22. The Morgan fingerprint density at radius 1 is 1.22 bits per heavy atom. The van der Waals surface area contributed by atoms with Crippen molar-refractivity contribution in [1.82, 2.24) is 9.62 Å². The predicted octanol–water partition coefficient (Wildman–Crippen LogP) is 3.94. The molecule has 0 bridgehead atoms. The van der Waals surface area contributed by atoms with Crippen molar-refractivity contribution in [3.05, 3.63) is 58.1 Å². The molecule has 0 aromatic heterocycles. The van der Waals surface area contributed by atoms with Gasteiger partial charge in [-0.1, -0.05) is 53.2 Å². The van der Waals surface area contributed by atoms with Gasteiger partial charge in [-0.05, 0) is 62.0 Å². The van der Waals surface area contributed by atoms with E-state index in [1.165, 1.54) is 5.56 Å². The van der Waals surface area contributed by atoms with Gasteiger partial charge >= 0.3 is 0 Å². The number of fused-ring (bicyclic) bond motifs is 1. The maximum absolute atomic E-state index is 13.2. The van der Waals surface area contributed by atoms with E-state index in [0.717, 1.165) is 42.5 Å². The van der Waals surface area contributed by atoms with Crippen LogP contribution in [0.15, 0.2) is 51.8 Å². The van der Waals surface area contributed by atoms with Gasteiger partial charge in [0.15, 0.2) is 0 Å². The normalized spacial score (nSPS) is 15.9. The number of hydrogen-bond donors (Lipinski definition) is 1. The van der Waals surface area contributed by atoms with E-state index in [1.807, 2.05) is 24.3 Å². The first kappa shape index (κ1) is 23.4. The number of nitrogens with zero attached hydrogens (tertiary/aromatic N) is 2. The lowest BCUT2D eigenvalue weighted by molar-refractivity contribution is -0.119. The highest BCUT2D eigenvalue weighted by atomic mass is 79.9. The zero-order chi connectivity index (χ0) is 22.7. The molecule has 1 saturated carbocycles. The molecule has 6 nitrogen and oxygen atoms in total. The Morgan fingerprint density at radius 2 is 1.97 bits per heavy atom. The highest BCUT2D eigenvalue weighted by Crippen LogP contribution is 2.41. The lowest BCUT2D eigenvalue weighted by Crippen LogP contribution is -2.33. The highest BCUT2D eigenvalue weighted by Gasteiger charge is 2.39. The second-order valence-corrected chi connectivity index (χ2v) is 11.2. The van der Waals surface area contributed by atoms with Crippen LogP contribution < -0.4 is 9.62 Å². The molecule has 2 aromatic carbocycles. The summed E-state index contributed by atoms with van der Waals surface area (Å²) in [6, 6.07) is 13.8. The van der Waals surface area contributed by atoms with Crippen LogP contribution in [0.3, 0.4) is 0 Å². The number of rotatable bonds is 10. The fourth-order valence-corrected chi connectivity index (χ4v) is 6.23. The summed E-state index contributed by atoms with van der Waals surface area (Å²) in [5.41, 5.74) is 2.73. The molecule has 172 valence electrons. The molecule has 32 heavy (non-hydrogen) atoms. The number of nitrogens with one attached hydrogen (secondary N) is 1. The van der Waals surface area contributed by atoms with E-state index < -0.39 is 10.0 Å². The Labute approximate surface area is 199 Å². The number of hydrogen-bond acceptors (Lipinski definition) is 4. The number of halogens is 1. The first-order valence-electron chi connectivity index (χ1n) is 11.3. The zero-order valence-corrected chi connectivity index (χ0v) is 20.8. The van der Waals surface area contributed by atoms with E-state index in [4.69, 9.17) is 0 Å². The summed E-state index contributed by atoms with van der Waals surface area (Å²) in [5.74, 6) is 0.111. The van der Waals surface area contributed by atoms with E-state index in [9.17, 15) is 13.2 Å². The van der Waals surface area contributed by atoms with Gasteiger partial charge in [0.2, 0.25) is 15.9 Å². The van der Waals surface area contributed by atoms with Crippen LogP contribution in [-0.2, 0) is 27.8 Å². The molecular weight excluding hydrogens is 490 g/mol. The molecule has 0 radical (unpaired) electrons. The Hall–Kier alpha value is -1.74. The third-order valence-electron chi connectivity index (χ3n) is 6.11. The minimum atomic E-state index is -3.74. The van der Waals surface area contributed by atoms with Crippen LogP contribution in [0, 0.1) is 5.92 Å². The Morgan fingerprint density at radius 3 is 2.66 bits per heavy atom. The Kier molecular flexibility index (Phi) is 7.34. The third kappa shape index (κ3) is 5.42. The Balaban J connectivity index is 1.41. The van der Waals surface area contributed by atoms with Crippen LogP contribution in [0.1, 0.15) is 37.3 Å². The molecule has 0 atom stereocenters. The zero-order valence-electron chi connectivity index (χ0n) is 18.4. The highest BCUT2D eigenvalue weighted by molar-refractivity contribution is 9.10. The third-order valence-corrected chi connectivity index (χ3v) is 8.05. The van der Waals surface area contributed by atoms with Gasteiger partial charge < -0.3 is 4.90 Å². The fraction of sp³-hybridized carbons (Fsp3) is 0.458. The van der Waals surface area contributed by atoms with E-state index in [0.29, 0.717) is 31.6 Å². The summed E-state index contributed by atoms with van der Waals surface area (Å²) in [5, 5.41) is 0. The Bertz CT molecular complexity index is 1070. The predicted molar refractivity (Wildman–Crippen MR) is 130 cm³/mol. The minimum absolute atomic E-state index is 0.0535. The van der Waals surface area contributed by atoms with Crippen molar-refractivity contribution in [2.45, 2.75) is 44.0 Å². The van der Waals surface area contributed by atoms with E-state index in [1.54, 1.807) is 11.0 Å². The van der Waals surface area contributed by atoms with E-state index in [2.05, 4.69) is 44.6 Å². The number of carbonyl (C=O) groups is 1. The topological polar surface area (TPSA) is 69.7 Å². The van der Waals surface area contributed by atoms with Gasteiger partial charge in [0.25, 0.3) is 0 Å². The quantitative estimate of drug-likeness (QED) is 0.482. The van der Waals surface area contributed by atoms with Gasteiger partial charge in [-0.3, -0.25) is 9.69 Å². The number of sulfonamides is 1. The van der Waals surface area contributed by atoms with Crippen molar-refractivity contribution in [2.24, 2.45) is 5.92 Å². The smallest absolute Gasteiger partial charge is 0.242 e. The van der Waals surface area contributed by atoms with Gasteiger partial charge in [-0.2, -0.15) is 0 Å². The summed E-state index contributed by atoms with van der Waals surface area (Å²) >= 11 is 3.45. The molecule has 2 aromatic rings. The van der Waals surface area contributed by atoms with Gasteiger partial charge in [-0.15, -0.1) is 0 Å².